The average Bonchev–Trinajstić information content (AvgIpc) is 3.79. The predicted octanol–water partition coefficient (Wildman–Crippen LogP) is 5.32. The maximum absolute atomic E-state index is 6.99. The van der Waals surface area contributed by atoms with Gasteiger partial charge in [0, 0.05) is 52.4 Å². The molecule has 0 radical (unpaired) electrons. The Morgan fingerprint density at radius 2 is 0.692 bits per heavy atom. The van der Waals surface area contributed by atoms with Crippen molar-refractivity contribution in [3.63, 3.8) is 0 Å². The molecule has 0 spiro atoms. The summed E-state index contributed by atoms with van der Waals surface area (Å²) in [6.07, 6.45) is 9.43. The summed E-state index contributed by atoms with van der Waals surface area (Å²) in [6.45, 7) is 12.2. The highest BCUT2D eigenvalue weighted by Gasteiger charge is 2.50. The first-order chi connectivity index (χ1) is 19.2. The van der Waals surface area contributed by atoms with Gasteiger partial charge in [-0.2, -0.15) is 13.5 Å². The van der Waals surface area contributed by atoms with Gasteiger partial charge in [-0.05, 0) is 51.4 Å². The molecule has 0 saturated carbocycles. The van der Waals surface area contributed by atoms with Crippen molar-refractivity contribution in [3.8, 4) is 0 Å². The molecular weight excluding hydrogens is 559 g/mol. The molecule has 6 aliphatic heterocycles. The Kier molecular flexibility index (Phi) is 10.4. The Balaban J connectivity index is 1.52. The van der Waals surface area contributed by atoms with Gasteiger partial charge in [-0.15, -0.1) is 0 Å². The largest absolute Gasteiger partial charge is 0.377 e. The highest BCUT2D eigenvalue weighted by molar-refractivity contribution is 7.81. The Morgan fingerprint density at radius 3 is 1.10 bits per heavy atom. The lowest BCUT2D eigenvalue weighted by Gasteiger charge is -2.45. The van der Waals surface area contributed by atoms with E-state index in [0.717, 1.165) is 78.0 Å². The first-order valence-electron chi connectivity index (χ1n) is 15.2. The fourth-order valence-corrected chi connectivity index (χ4v) is 20.4. The highest BCUT2D eigenvalue weighted by atomic mass is 31.3. The number of nitrogens with zero attached hydrogens (tertiary/aromatic N) is 7. The lowest BCUT2D eigenvalue weighted by Crippen LogP contribution is -2.31. The lowest BCUT2D eigenvalue weighted by molar-refractivity contribution is 0.00481. The average molecular weight is 608 g/mol. The van der Waals surface area contributed by atoms with Crippen LogP contribution in [0.4, 0.5) is 0 Å². The van der Waals surface area contributed by atoms with Gasteiger partial charge in [0.25, 0.3) is 15.2 Å². The molecule has 6 aliphatic rings. The highest BCUT2D eigenvalue weighted by Crippen LogP contribution is 2.83. The fraction of sp³-hybridized carbons (Fsp3) is 1.00. The topological polar surface area (TPSA) is 96.2 Å². The first kappa shape index (κ1) is 29.4. The van der Waals surface area contributed by atoms with Crippen LogP contribution in [-0.2, 0) is 23.3 Å². The Hall–Kier alpha value is 0.330. The van der Waals surface area contributed by atoms with Crippen molar-refractivity contribution < 1.29 is 23.3 Å². The number of hydrogen-bond donors (Lipinski definition) is 0. The SMILES string of the molecule is C1CCN(P2(N3CCCC3)=N[P@@]3(N4CCCC4)=N[P@@](N4CCCC4)(=N2)OCCOCCOCCOCCO3)C1. The van der Waals surface area contributed by atoms with E-state index in [1.54, 1.807) is 0 Å². The molecule has 0 aliphatic carbocycles. The Morgan fingerprint density at radius 1 is 0.359 bits per heavy atom. The van der Waals surface area contributed by atoms with Crippen molar-refractivity contribution in [3.05, 3.63) is 0 Å². The molecule has 224 valence electrons. The van der Waals surface area contributed by atoms with Crippen LogP contribution >= 0.6 is 22.7 Å². The molecule has 39 heavy (non-hydrogen) atoms. The van der Waals surface area contributed by atoms with Gasteiger partial charge in [-0.1, -0.05) is 0 Å². The van der Waals surface area contributed by atoms with Crippen molar-refractivity contribution in [2.24, 2.45) is 13.5 Å². The molecule has 6 rings (SSSR count). The third kappa shape index (κ3) is 6.48. The van der Waals surface area contributed by atoms with Gasteiger partial charge in [0.15, 0.2) is 0 Å². The zero-order valence-corrected chi connectivity index (χ0v) is 26.2. The molecule has 0 aromatic carbocycles. The lowest BCUT2D eigenvalue weighted by atomic mass is 10.4. The molecule has 12 nitrogen and oxygen atoms in total. The molecular formula is C24H48N7O5P3. The summed E-state index contributed by atoms with van der Waals surface area (Å²) in [5, 5.41) is 0. The summed E-state index contributed by atoms with van der Waals surface area (Å²) in [5.74, 6) is 0. The van der Waals surface area contributed by atoms with Gasteiger partial charge in [0.2, 0.25) is 7.51 Å². The van der Waals surface area contributed by atoms with Crippen LogP contribution in [0.25, 0.3) is 0 Å². The Labute approximate surface area is 234 Å². The summed E-state index contributed by atoms with van der Waals surface area (Å²) in [7, 11) is -7.94. The van der Waals surface area contributed by atoms with Crippen LogP contribution in [0.1, 0.15) is 51.4 Å². The molecule has 4 saturated heterocycles. The third-order valence-corrected chi connectivity index (χ3v) is 19.6. The van der Waals surface area contributed by atoms with Gasteiger partial charge in [-0.25, -0.2) is 18.7 Å². The van der Waals surface area contributed by atoms with E-state index in [9.17, 15) is 0 Å². The van der Waals surface area contributed by atoms with E-state index in [4.69, 9.17) is 36.8 Å². The predicted molar refractivity (Wildman–Crippen MR) is 156 cm³/mol. The molecule has 0 aromatic rings. The summed E-state index contributed by atoms with van der Waals surface area (Å²) < 4.78 is 59.2. The van der Waals surface area contributed by atoms with Crippen LogP contribution in [0.3, 0.4) is 0 Å². The van der Waals surface area contributed by atoms with Crippen LogP contribution in [-0.4, -0.2) is 124 Å². The normalized spacial score (nSPS) is 36.9. The van der Waals surface area contributed by atoms with Gasteiger partial charge in [0.1, 0.15) is 0 Å². The molecule has 6 heterocycles. The molecule has 0 N–H and O–H groups in total. The summed E-state index contributed by atoms with van der Waals surface area (Å²) in [5.41, 5.74) is 0. The summed E-state index contributed by atoms with van der Waals surface area (Å²) >= 11 is 0. The second kappa shape index (κ2) is 13.7. The molecule has 2 atom stereocenters. The van der Waals surface area contributed by atoms with E-state index in [1.165, 1.54) is 25.7 Å². The van der Waals surface area contributed by atoms with E-state index in [1.807, 2.05) is 0 Å². The fourth-order valence-electron chi connectivity index (χ4n) is 6.25. The van der Waals surface area contributed by atoms with E-state index < -0.39 is 22.7 Å². The van der Waals surface area contributed by atoms with Crippen molar-refractivity contribution in [2.75, 3.05) is 105 Å². The zero-order chi connectivity index (χ0) is 26.4. The quantitative estimate of drug-likeness (QED) is 0.394. The second-order valence-electron chi connectivity index (χ2n) is 11.0. The van der Waals surface area contributed by atoms with Crippen molar-refractivity contribution in [2.45, 2.75) is 51.4 Å². The van der Waals surface area contributed by atoms with Crippen molar-refractivity contribution >= 4 is 22.7 Å². The standard InChI is InChI=1S/C24H48N7O5P3/c1-2-10-28(9-1)37(29-11-3-4-12-29)25-38(30-13-5-6-14-30)27-39(26-37,31-15-7-8-16-31)36-24-22-34-20-18-32-17-19-33-21-23-35-38/h1-24H2/t38-,39+. The minimum absolute atomic E-state index is 0.473. The summed E-state index contributed by atoms with van der Waals surface area (Å²) in [4.78, 5) is 0. The van der Waals surface area contributed by atoms with Crippen LogP contribution in [0.2, 0.25) is 0 Å². The molecule has 4 fully saturated rings. The van der Waals surface area contributed by atoms with E-state index in [-0.39, 0.29) is 0 Å². The van der Waals surface area contributed by atoms with E-state index in [0.29, 0.717) is 52.9 Å². The van der Waals surface area contributed by atoms with Gasteiger partial charge in [0.05, 0.1) is 52.9 Å². The van der Waals surface area contributed by atoms with Crippen molar-refractivity contribution in [1.82, 2.24) is 18.7 Å². The first-order valence-corrected chi connectivity index (χ1v) is 19.9. The number of fused-ring (bicyclic) bond motifs is 1. The maximum atomic E-state index is 6.99. The maximum Gasteiger partial charge on any atom is 0.283 e. The van der Waals surface area contributed by atoms with Crippen LogP contribution in [0.15, 0.2) is 13.5 Å². The van der Waals surface area contributed by atoms with Crippen molar-refractivity contribution in [1.29, 1.82) is 0 Å². The zero-order valence-electron chi connectivity index (χ0n) is 23.5. The number of rotatable bonds is 4. The van der Waals surface area contributed by atoms with Gasteiger partial charge < -0.3 is 23.3 Å². The molecule has 2 bridgehead atoms. The van der Waals surface area contributed by atoms with Gasteiger partial charge in [-0.3, -0.25) is 0 Å². The minimum atomic E-state index is -2.74. The third-order valence-electron chi connectivity index (χ3n) is 8.26. The molecule has 15 heteroatoms. The Bertz CT molecular complexity index is 924. The minimum Gasteiger partial charge on any atom is -0.377 e. The second-order valence-corrected chi connectivity index (χ2v) is 19.0. The van der Waals surface area contributed by atoms with E-state index in [2.05, 4.69) is 18.7 Å². The van der Waals surface area contributed by atoms with E-state index >= 15 is 0 Å². The number of hydrogen-bond acceptors (Lipinski definition) is 12. The van der Waals surface area contributed by atoms with Crippen LogP contribution < -0.4 is 0 Å². The molecule has 0 amide bonds. The summed E-state index contributed by atoms with van der Waals surface area (Å²) in [6, 6.07) is 0. The molecule has 0 aromatic heterocycles. The number of ether oxygens (including phenoxy) is 3. The molecule has 0 unspecified atom stereocenters. The monoisotopic (exact) mass is 607 g/mol. The van der Waals surface area contributed by atoms with Gasteiger partial charge >= 0.3 is 0 Å². The smallest absolute Gasteiger partial charge is 0.283 e. The van der Waals surface area contributed by atoms with Crippen LogP contribution in [0, 0.1) is 0 Å². The van der Waals surface area contributed by atoms with Crippen LogP contribution in [0.5, 0.6) is 0 Å².